The summed E-state index contributed by atoms with van der Waals surface area (Å²) in [6.07, 6.45) is 0.207. The van der Waals surface area contributed by atoms with Crippen molar-refractivity contribution in [3.8, 4) is 22.5 Å². The topological polar surface area (TPSA) is 43.2 Å². The molecular weight excluding hydrogens is 336 g/mol. The summed E-state index contributed by atoms with van der Waals surface area (Å²) in [4.78, 5) is 2.42. The Morgan fingerprint density at radius 1 is 1.04 bits per heavy atom. The van der Waals surface area contributed by atoms with Gasteiger partial charge in [-0.15, -0.1) is 5.10 Å². The number of hydrogen-bond acceptors (Lipinski definition) is 4. The van der Waals surface area contributed by atoms with E-state index in [2.05, 4.69) is 84.5 Å². The summed E-state index contributed by atoms with van der Waals surface area (Å²) in [5, 5.41) is 9.08. The van der Waals surface area contributed by atoms with Crippen molar-refractivity contribution in [1.29, 1.82) is 0 Å². The minimum atomic E-state index is 0.207. The fraction of sp³-hybridized carbons (Fsp3) is 0.364. The SMILES string of the molecule is CCN1Cc2ccccc2-c2nnn(CCOC(C)C)c2-c2ccccc21. The summed E-state index contributed by atoms with van der Waals surface area (Å²) in [5.74, 6) is 0. The maximum absolute atomic E-state index is 5.76. The molecule has 0 saturated heterocycles. The van der Waals surface area contributed by atoms with E-state index in [4.69, 9.17) is 4.74 Å². The van der Waals surface area contributed by atoms with Gasteiger partial charge in [0.05, 0.1) is 24.9 Å². The molecule has 0 radical (unpaired) electrons. The van der Waals surface area contributed by atoms with Crippen molar-refractivity contribution in [3.05, 3.63) is 54.1 Å². The highest BCUT2D eigenvalue weighted by Crippen LogP contribution is 2.40. The van der Waals surface area contributed by atoms with Crippen LogP contribution in [0, 0.1) is 0 Å². The highest BCUT2D eigenvalue weighted by molar-refractivity contribution is 5.88. The summed E-state index contributed by atoms with van der Waals surface area (Å²) >= 11 is 0. The van der Waals surface area contributed by atoms with Gasteiger partial charge in [-0.2, -0.15) is 0 Å². The highest BCUT2D eigenvalue weighted by atomic mass is 16.5. The molecule has 1 aliphatic heterocycles. The fourth-order valence-corrected chi connectivity index (χ4v) is 3.70. The molecule has 0 bridgehead atoms. The third kappa shape index (κ3) is 3.35. The normalized spacial score (nSPS) is 13.0. The molecule has 0 atom stereocenters. The van der Waals surface area contributed by atoms with Crippen LogP contribution < -0.4 is 4.90 Å². The van der Waals surface area contributed by atoms with Crippen LogP contribution in [0.4, 0.5) is 5.69 Å². The molecule has 0 saturated carbocycles. The second-order valence-electron chi connectivity index (χ2n) is 7.12. The number of benzene rings is 2. The van der Waals surface area contributed by atoms with E-state index in [1.807, 2.05) is 4.68 Å². The molecule has 27 heavy (non-hydrogen) atoms. The van der Waals surface area contributed by atoms with E-state index in [1.54, 1.807) is 0 Å². The van der Waals surface area contributed by atoms with Crippen LogP contribution in [-0.2, 0) is 17.8 Å². The number of fused-ring (bicyclic) bond motifs is 5. The first kappa shape index (κ1) is 17.7. The quantitative estimate of drug-likeness (QED) is 0.676. The zero-order valence-electron chi connectivity index (χ0n) is 16.2. The van der Waals surface area contributed by atoms with E-state index in [1.165, 1.54) is 16.8 Å². The summed E-state index contributed by atoms with van der Waals surface area (Å²) in [6, 6.07) is 17.1. The molecule has 4 rings (SSSR count). The van der Waals surface area contributed by atoms with Gasteiger partial charge in [0, 0.05) is 29.9 Å². The van der Waals surface area contributed by atoms with Crippen LogP contribution in [0.2, 0.25) is 0 Å². The minimum Gasteiger partial charge on any atom is -0.377 e. The van der Waals surface area contributed by atoms with Crippen molar-refractivity contribution in [2.75, 3.05) is 18.1 Å². The summed E-state index contributed by atoms with van der Waals surface area (Å²) < 4.78 is 7.76. The van der Waals surface area contributed by atoms with Gasteiger partial charge in [0.1, 0.15) is 5.69 Å². The first-order valence-electron chi connectivity index (χ1n) is 9.66. The largest absolute Gasteiger partial charge is 0.377 e. The lowest BCUT2D eigenvalue weighted by molar-refractivity contribution is 0.0709. The Morgan fingerprint density at radius 2 is 1.78 bits per heavy atom. The molecule has 140 valence electrons. The Balaban J connectivity index is 1.89. The van der Waals surface area contributed by atoms with E-state index < -0.39 is 0 Å². The molecule has 0 fully saturated rings. The second-order valence-corrected chi connectivity index (χ2v) is 7.12. The zero-order valence-corrected chi connectivity index (χ0v) is 16.2. The van der Waals surface area contributed by atoms with Crippen LogP contribution in [0.5, 0.6) is 0 Å². The first-order chi connectivity index (χ1) is 13.2. The number of para-hydroxylation sites is 1. The highest BCUT2D eigenvalue weighted by Gasteiger charge is 2.25. The number of hydrogen-bond donors (Lipinski definition) is 0. The van der Waals surface area contributed by atoms with Crippen LogP contribution in [0.15, 0.2) is 48.5 Å². The molecule has 5 heteroatoms. The average molecular weight is 362 g/mol. The van der Waals surface area contributed by atoms with Crippen LogP contribution in [0.1, 0.15) is 26.3 Å². The van der Waals surface area contributed by atoms with E-state index in [0.29, 0.717) is 13.2 Å². The molecule has 5 nitrogen and oxygen atoms in total. The monoisotopic (exact) mass is 362 g/mol. The predicted octanol–water partition coefficient (Wildman–Crippen LogP) is 4.38. The minimum absolute atomic E-state index is 0.207. The smallest absolute Gasteiger partial charge is 0.121 e. The molecule has 0 aliphatic carbocycles. The Morgan fingerprint density at radius 3 is 2.56 bits per heavy atom. The number of rotatable bonds is 5. The Labute approximate surface area is 160 Å². The molecule has 2 aromatic carbocycles. The molecule has 1 aromatic heterocycles. The van der Waals surface area contributed by atoms with Gasteiger partial charge in [-0.05, 0) is 32.4 Å². The Hall–Kier alpha value is -2.66. The van der Waals surface area contributed by atoms with Crippen molar-refractivity contribution in [3.63, 3.8) is 0 Å². The van der Waals surface area contributed by atoms with Crippen LogP contribution in [0.3, 0.4) is 0 Å². The first-order valence-corrected chi connectivity index (χ1v) is 9.66. The van der Waals surface area contributed by atoms with Gasteiger partial charge in [0.25, 0.3) is 0 Å². The lowest BCUT2D eigenvalue weighted by Crippen LogP contribution is -2.24. The molecule has 0 spiro atoms. The molecular formula is C22H26N4O. The van der Waals surface area contributed by atoms with E-state index in [9.17, 15) is 0 Å². The van der Waals surface area contributed by atoms with Crippen molar-refractivity contribution >= 4 is 5.69 Å². The Kier molecular flexibility index (Phi) is 4.94. The molecule has 2 heterocycles. The van der Waals surface area contributed by atoms with Gasteiger partial charge in [0.15, 0.2) is 0 Å². The lowest BCUT2D eigenvalue weighted by atomic mass is 9.95. The van der Waals surface area contributed by atoms with Crippen molar-refractivity contribution in [2.45, 2.75) is 40.0 Å². The summed E-state index contributed by atoms with van der Waals surface area (Å²) in [5.41, 5.74) is 6.88. The molecule has 0 N–H and O–H groups in total. The van der Waals surface area contributed by atoms with Gasteiger partial charge in [-0.25, -0.2) is 4.68 Å². The summed E-state index contributed by atoms with van der Waals surface area (Å²) in [7, 11) is 0. The van der Waals surface area contributed by atoms with Crippen molar-refractivity contribution < 1.29 is 4.74 Å². The van der Waals surface area contributed by atoms with Gasteiger partial charge in [-0.1, -0.05) is 47.7 Å². The van der Waals surface area contributed by atoms with Gasteiger partial charge in [-0.3, -0.25) is 0 Å². The summed E-state index contributed by atoms with van der Waals surface area (Å²) in [6.45, 7) is 9.42. The van der Waals surface area contributed by atoms with E-state index in [-0.39, 0.29) is 6.10 Å². The molecule has 0 amide bonds. The average Bonchev–Trinajstić information content (AvgIpc) is 3.08. The van der Waals surface area contributed by atoms with Crippen LogP contribution in [-0.4, -0.2) is 34.2 Å². The molecule has 0 unspecified atom stereocenters. The van der Waals surface area contributed by atoms with Crippen molar-refractivity contribution in [2.24, 2.45) is 0 Å². The third-order valence-electron chi connectivity index (χ3n) is 5.00. The van der Waals surface area contributed by atoms with Crippen LogP contribution >= 0.6 is 0 Å². The molecule has 1 aliphatic rings. The predicted molar refractivity (Wildman–Crippen MR) is 109 cm³/mol. The fourth-order valence-electron chi connectivity index (χ4n) is 3.70. The molecule has 3 aromatic rings. The number of anilines is 1. The second kappa shape index (κ2) is 7.53. The van der Waals surface area contributed by atoms with Gasteiger partial charge in [0.2, 0.25) is 0 Å². The Bertz CT molecular complexity index is 932. The maximum Gasteiger partial charge on any atom is 0.121 e. The number of ether oxygens (including phenoxy) is 1. The van der Waals surface area contributed by atoms with Crippen molar-refractivity contribution in [1.82, 2.24) is 15.0 Å². The van der Waals surface area contributed by atoms with Gasteiger partial charge >= 0.3 is 0 Å². The standard InChI is InChI=1S/C22H26N4O/c1-4-25-15-17-9-5-6-10-18(17)21-22(19-11-7-8-12-20(19)25)26(24-23-21)13-14-27-16(2)3/h5-12,16H,4,13-15H2,1-3H3. The third-order valence-corrected chi connectivity index (χ3v) is 5.00. The maximum atomic E-state index is 5.76. The van der Waals surface area contributed by atoms with Gasteiger partial charge < -0.3 is 9.64 Å². The van der Waals surface area contributed by atoms with Crippen LogP contribution in [0.25, 0.3) is 22.5 Å². The zero-order chi connectivity index (χ0) is 18.8. The van der Waals surface area contributed by atoms with E-state index >= 15 is 0 Å². The number of nitrogens with zero attached hydrogens (tertiary/aromatic N) is 4. The number of aromatic nitrogens is 3. The lowest BCUT2D eigenvalue weighted by Gasteiger charge is -2.29. The van der Waals surface area contributed by atoms with E-state index in [0.717, 1.165) is 30.0 Å².